The second kappa shape index (κ2) is 5.09. The van der Waals surface area contributed by atoms with E-state index in [9.17, 15) is 9.60 Å². The number of hydrogen-bond donors (Lipinski definition) is 1. The normalized spacial score (nSPS) is 23.7. The molecule has 5 heteroatoms. The largest absolute Gasteiger partial charge is 0.486 e. The maximum atomic E-state index is 13.2. The molecule has 0 saturated heterocycles. The first-order chi connectivity index (χ1) is 10.8. The van der Waals surface area contributed by atoms with Crippen LogP contribution in [0, 0.1) is 5.82 Å². The van der Waals surface area contributed by atoms with E-state index < -0.39 is 0 Å². The number of aliphatic imine (C=N–C) groups is 1. The Labute approximate surface area is 127 Å². The van der Waals surface area contributed by atoms with E-state index in [0.29, 0.717) is 6.61 Å². The fourth-order valence-corrected chi connectivity index (χ4v) is 3.21. The Bertz CT molecular complexity index is 744. The van der Waals surface area contributed by atoms with Gasteiger partial charge >= 0.3 is 0 Å². The summed E-state index contributed by atoms with van der Waals surface area (Å²) in [5, 5.41) is 10.7. The Hall–Kier alpha value is -2.43. The van der Waals surface area contributed by atoms with Crippen LogP contribution >= 0.6 is 0 Å². The average Bonchev–Trinajstić information content (AvgIpc) is 2.57. The van der Waals surface area contributed by atoms with Crippen molar-refractivity contribution in [2.75, 3.05) is 13.2 Å². The zero-order chi connectivity index (χ0) is 15.1. The Morgan fingerprint density at radius 2 is 2.09 bits per heavy atom. The van der Waals surface area contributed by atoms with Crippen molar-refractivity contribution in [1.29, 1.82) is 0 Å². The topological polar surface area (TPSA) is 44.8 Å². The Balaban J connectivity index is 1.90. The second-order valence-corrected chi connectivity index (χ2v) is 5.58. The average molecular weight is 299 g/mol. The van der Waals surface area contributed by atoms with Crippen molar-refractivity contribution in [3.8, 4) is 0 Å². The van der Waals surface area contributed by atoms with Crippen LogP contribution in [0.3, 0.4) is 0 Å². The van der Waals surface area contributed by atoms with Crippen LogP contribution in [0.2, 0.25) is 0 Å². The van der Waals surface area contributed by atoms with Gasteiger partial charge in [-0.25, -0.2) is 4.39 Å². The van der Waals surface area contributed by atoms with Crippen molar-refractivity contribution in [3.63, 3.8) is 0 Å². The molecule has 0 aliphatic carbocycles. The molecular weight excluding hydrogens is 283 g/mol. The van der Waals surface area contributed by atoms with Crippen molar-refractivity contribution >= 4 is 11.4 Å². The first kappa shape index (κ1) is 13.2. The third kappa shape index (κ3) is 1.96. The fraction of sp³-hybridized carbons (Fsp3) is 0.294. The molecular formula is C17H16FN2O2+. The van der Waals surface area contributed by atoms with Gasteiger partial charge in [-0.1, -0.05) is 0 Å². The molecule has 0 amide bonds. The summed E-state index contributed by atoms with van der Waals surface area (Å²) in [7, 11) is 0. The molecule has 0 bridgehead atoms. The lowest BCUT2D eigenvalue weighted by Gasteiger charge is -2.27. The highest BCUT2D eigenvalue weighted by Gasteiger charge is 2.44. The maximum absolute atomic E-state index is 13.2. The highest BCUT2D eigenvalue weighted by molar-refractivity contribution is 6.47. The van der Waals surface area contributed by atoms with Gasteiger partial charge < -0.3 is 4.74 Å². The molecule has 3 heterocycles. The van der Waals surface area contributed by atoms with Crippen molar-refractivity contribution in [2.24, 2.45) is 4.99 Å². The molecule has 1 aromatic rings. The second-order valence-electron chi connectivity index (χ2n) is 5.58. The molecule has 0 aromatic heterocycles. The van der Waals surface area contributed by atoms with E-state index in [-0.39, 0.29) is 11.9 Å². The first-order valence-corrected chi connectivity index (χ1v) is 7.44. The summed E-state index contributed by atoms with van der Waals surface area (Å²) >= 11 is 0. The van der Waals surface area contributed by atoms with Crippen molar-refractivity contribution in [1.82, 2.24) is 0 Å². The number of nitrogens with zero attached hydrogens (tertiary/aromatic N) is 2. The quantitative estimate of drug-likeness (QED) is 0.640. The van der Waals surface area contributed by atoms with Gasteiger partial charge in [0.05, 0.1) is 5.57 Å². The van der Waals surface area contributed by atoms with Gasteiger partial charge in [0.25, 0.3) is 11.8 Å². The smallest absolute Gasteiger partial charge is 0.257 e. The zero-order valence-corrected chi connectivity index (χ0v) is 12.0. The summed E-state index contributed by atoms with van der Waals surface area (Å²) in [6.07, 6.45) is 5.54. The van der Waals surface area contributed by atoms with E-state index in [2.05, 4.69) is 4.99 Å². The lowest BCUT2D eigenvalue weighted by Crippen LogP contribution is -2.39. The number of benzene rings is 1. The first-order valence-electron chi connectivity index (χ1n) is 7.44. The number of rotatable bonds is 1. The molecule has 0 radical (unpaired) electrons. The zero-order valence-electron chi connectivity index (χ0n) is 12.0. The molecule has 4 nitrogen and oxygen atoms in total. The molecule has 0 saturated carbocycles. The summed E-state index contributed by atoms with van der Waals surface area (Å²) in [6, 6.07) is 5.82. The molecule has 4 rings (SSSR count). The number of ether oxygens (including phenoxy) is 1. The van der Waals surface area contributed by atoms with E-state index in [0.717, 1.165) is 47.7 Å². The van der Waals surface area contributed by atoms with Gasteiger partial charge in [0.2, 0.25) is 0 Å². The Kier molecular flexibility index (Phi) is 3.06. The lowest BCUT2D eigenvalue weighted by molar-refractivity contribution is -0.799. The summed E-state index contributed by atoms with van der Waals surface area (Å²) in [5.74, 6) is 0.457. The standard InChI is InChI=1S/C17H16FN2O2/c18-12-7-5-11(6-8-12)16-13-3-2-10-22-17(13)15-14(20(16)21)4-1-9-19-15/h2-3,5-8,16,21H,1,4,9-10H2/q+1. The van der Waals surface area contributed by atoms with E-state index in [1.54, 1.807) is 12.1 Å². The van der Waals surface area contributed by atoms with Crippen LogP contribution in [0.5, 0.6) is 0 Å². The summed E-state index contributed by atoms with van der Waals surface area (Å²) in [4.78, 5) is 4.53. The maximum Gasteiger partial charge on any atom is 0.257 e. The number of hydroxylamine groups is 1. The third-order valence-electron chi connectivity index (χ3n) is 4.21. The molecule has 3 aliphatic rings. The molecule has 1 aromatic carbocycles. The van der Waals surface area contributed by atoms with Gasteiger partial charge in [-0.2, -0.15) is 0 Å². The van der Waals surface area contributed by atoms with Crippen LogP contribution in [0.4, 0.5) is 4.39 Å². The van der Waals surface area contributed by atoms with Crippen LogP contribution in [-0.4, -0.2) is 34.5 Å². The van der Waals surface area contributed by atoms with Gasteiger partial charge in [-0.05, 0) is 47.6 Å². The highest BCUT2D eigenvalue weighted by Crippen LogP contribution is 2.36. The highest BCUT2D eigenvalue weighted by atomic mass is 19.1. The molecule has 22 heavy (non-hydrogen) atoms. The van der Waals surface area contributed by atoms with Crippen LogP contribution in [0.25, 0.3) is 0 Å². The number of hydrogen-bond acceptors (Lipinski definition) is 3. The van der Waals surface area contributed by atoms with E-state index in [1.165, 1.54) is 16.9 Å². The molecule has 0 spiro atoms. The van der Waals surface area contributed by atoms with Crippen LogP contribution < -0.4 is 0 Å². The van der Waals surface area contributed by atoms with E-state index in [1.807, 2.05) is 12.2 Å². The van der Waals surface area contributed by atoms with Gasteiger partial charge in [0, 0.05) is 18.5 Å². The van der Waals surface area contributed by atoms with Gasteiger partial charge in [-0.15, -0.1) is 0 Å². The van der Waals surface area contributed by atoms with Gasteiger partial charge in [0.1, 0.15) is 12.4 Å². The monoisotopic (exact) mass is 299 g/mol. The minimum absolute atomic E-state index is 0.291. The number of fused-ring (bicyclic) bond motifs is 2. The Morgan fingerprint density at radius 3 is 2.91 bits per heavy atom. The summed E-state index contributed by atoms with van der Waals surface area (Å²) < 4.78 is 20.3. The molecule has 3 aliphatic heterocycles. The SMILES string of the molecule is O[N+]1=C2CCCN=C2C2=C(C=CCO2)C1c1ccc(F)cc1. The van der Waals surface area contributed by atoms with Crippen LogP contribution in [0.1, 0.15) is 24.4 Å². The van der Waals surface area contributed by atoms with Gasteiger partial charge in [-0.3, -0.25) is 10.2 Å². The predicted octanol–water partition coefficient (Wildman–Crippen LogP) is 2.80. The molecule has 1 atom stereocenters. The molecule has 1 N–H and O–H groups in total. The number of allylic oxidation sites excluding steroid dienone is 1. The van der Waals surface area contributed by atoms with Crippen LogP contribution in [-0.2, 0) is 4.74 Å². The lowest BCUT2D eigenvalue weighted by atomic mass is 9.89. The minimum atomic E-state index is -0.390. The van der Waals surface area contributed by atoms with Crippen molar-refractivity contribution in [2.45, 2.75) is 18.9 Å². The molecule has 0 fully saturated rings. The van der Waals surface area contributed by atoms with Crippen molar-refractivity contribution in [3.05, 3.63) is 59.1 Å². The molecule has 112 valence electrons. The fourth-order valence-electron chi connectivity index (χ4n) is 3.21. The molecule has 1 unspecified atom stereocenters. The van der Waals surface area contributed by atoms with Crippen LogP contribution in [0.15, 0.2) is 52.7 Å². The number of halogens is 1. The summed E-state index contributed by atoms with van der Waals surface area (Å²) in [6.45, 7) is 1.25. The van der Waals surface area contributed by atoms with Crippen molar-refractivity contribution < 1.29 is 19.1 Å². The Morgan fingerprint density at radius 1 is 1.27 bits per heavy atom. The minimum Gasteiger partial charge on any atom is -0.486 e. The van der Waals surface area contributed by atoms with E-state index in [4.69, 9.17) is 4.74 Å². The summed E-state index contributed by atoms with van der Waals surface area (Å²) in [5.41, 5.74) is 3.23. The third-order valence-corrected chi connectivity index (χ3v) is 4.21. The van der Waals surface area contributed by atoms with E-state index >= 15 is 0 Å². The van der Waals surface area contributed by atoms with Gasteiger partial charge in [0.15, 0.2) is 11.5 Å². The predicted molar refractivity (Wildman–Crippen MR) is 79.8 cm³/mol.